The predicted molar refractivity (Wildman–Crippen MR) is 62.7 cm³/mol. The second-order valence-corrected chi connectivity index (χ2v) is 3.73. The van der Waals surface area contributed by atoms with Crippen molar-refractivity contribution in [1.29, 1.82) is 0 Å². The van der Waals surface area contributed by atoms with Crippen molar-refractivity contribution >= 4 is 29.8 Å². The molecule has 0 atom stereocenters. The summed E-state index contributed by atoms with van der Waals surface area (Å²) in [4.78, 5) is 0. The van der Waals surface area contributed by atoms with Crippen LogP contribution in [0.3, 0.4) is 0 Å². The van der Waals surface area contributed by atoms with Crippen LogP contribution in [0.2, 0.25) is 0 Å². The van der Waals surface area contributed by atoms with Gasteiger partial charge >= 0.3 is 0 Å². The minimum Gasteiger partial charge on any atom is -0.420 e. The molecule has 0 aliphatic heterocycles. The van der Waals surface area contributed by atoms with Crippen LogP contribution in [-0.4, -0.2) is 10.2 Å². The fourth-order valence-corrected chi connectivity index (χ4v) is 1.48. The molecule has 2 rings (SSSR count). The third-order valence-corrected chi connectivity index (χ3v) is 2.47. The number of nitrogens with zero attached hydrogens (tertiary/aromatic N) is 2. The van der Waals surface area contributed by atoms with E-state index in [0.717, 1.165) is 17.0 Å². The first kappa shape index (κ1) is 10.5. The Morgan fingerprint density at radius 2 is 2.20 bits per heavy atom. The molecular formula is C10H9ClN2OS. The monoisotopic (exact) mass is 240 g/mol. The third-order valence-electron chi connectivity index (χ3n) is 1.92. The Labute approximate surface area is 97.9 Å². The summed E-state index contributed by atoms with van der Waals surface area (Å²) in [6.45, 7) is 0. The standard InChI is InChI=1S/C10H9ClN2OS/c11-8-3-1-2-7(4-5-8)10-13-12-9(6-15)14-10/h2-5,15H,1,6H2. The fraction of sp³-hybridized carbons (Fsp3) is 0.200. The van der Waals surface area contributed by atoms with Crippen molar-refractivity contribution in [3.05, 3.63) is 41.1 Å². The number of hydrogen-bond donors (Lipinski definition) is 1. The molecule has 1 heterocycles. The van der Waals surface area contributed by atoms with Gasteiger partial charge in [-0.25, -0.2) is 0 Å². The molecule has 0 amide bonds. The molecular weight excluding hydrogens is 232 g/mol. The van der Waals surface area contributed by atoms with Gasteiger partial charge in [0.25, 0.3) is 0 Å². The summed E-state index contributed by atoms with van der Waals surface area (Å²) in [6, 6.07) is 0. The molecule has 1 aromatic rings. The first-order valence-electron chi connectivity index (χ1n) is 4.47. The molecule has 3 nitrogen and oxygen atoms in total. The largest absolute Gasteiger partial charge is 0.420 e. The van der Waals surface area contributed by atoms with Crippen molar-refractivity contribution in [2.75, 3.05) is 0 Å². The molecule has 0 bridgehead atoms. The molecule has 1 aliphatic carbocycles. The highest BCUT2D eigenvalue weighted by molar-refractivity contribution is 7.79. The second kappa shape index (κ2) is 4.68. The first-order chi connectivity index (χ1) is 7.29. The van der Waals surface area contributed by atoms with Crippen LogP contribution in [0.15, 0.2) is 33.8 Å². The van der Waals surface area contributed by atoms with E-state index < -0.39 is 0 Å². The average molecular weight is 241 g/mol. The number of allylic oxidation sites excluding steroid dienone is 6. The van der Waals surface area contributed by atoms with Gasteiger partial charge in [-0.1, -0.05) is 23.8 Å². The number of thiol groups is 1. The van der Waals surface area contributed by atoms with Gasteiger partial charge in [-0.05, 0) is 18.6 Å². The summed E-state index contributed by atoms with van der Waals surface area (Å²) in [5.41, 5.74) is 0.891. The average Bonchev–Trinajstić information content (AvgIpc) is 2.62. The Hall–Kier alpha value is -1.00. The molecule has 0 saturated carbocycles. The Kier molecular flexibility index (Phi) is 3.28. The van der Waals surface area contributed by atoms with E-state index in [0.29, 0.717) is 17.5 Å². The maximum absolute atomic E-state index is 5.87. The van der Waals surface area contributed by atoms with Gasteiger partial charge in [0.2, 0.25) is 11.8 Å². The summed E-state index contributed by atoms with van der Waals surface area (Å²) in [5, 5.41) is 8.49. The predicted octanol–water partition coefficient (Wildman–Crippen LogP) is 2.97. The van der Waals surface area contributed by atoms with Crippen molar-refractivity contribution in [2.24, 2.45) is 0 Å². The Morgan fingerprint density at radius 3 is 2.93 bits per heavy atom. The van der Waals surface area contributed by atoms with E-state index in [2.05, 4.69) is 22.8 Å². The molecule has 0 aromatic carbocycles. The van der Waals surface area contributed by atoms with Gasteiger partial charge < -0.3 is 4.42 Å². The Balaban J connectivity index is 2.25. The zero-order valence-electron chi connectivity index (χ0n) is 7.85. The van der Waals surface area contributed by atoms with Crippen molar-refractivity contribution in [2.45, 2.75) is 12.2 Å². The molecule has 1 aliphatic rings. The number of aromatic nitrogens is 2. The number of hydrogen-bond acceptors (Lipinski definition) is 4. The van der Waals surface area contributed by atoms with Crippen molar-refractivity contribution in [3.63, 3.8) is 0 Å². The highest BCUT2D eigenvalue weighted by Crippen LogP contribution is 2.21. The molecule has 0 spiro atoms. The van der Waals surface area contributed by atoms with Gasteiger partial charge in [0.15, 0.2) is 0 Å². The van der Waals surface area contributed by atoms with E-state index in [1.54, 1.807) is 0 Å². The van der Waals surface area contributed by atoms with Gasteiger partial charge in [-0.2, -0.15) is 12.6 Å². The van der Waals surface area contributed by atoms with Crippen LogP contribution in [0.4, 0.5) is 0 Å². The van der Waals surface area contributed by atoms with Crippen molar-refractivity contribution < 1.29 is 4.42 Å². The lowest BCUT2D eigenvalue weighted by atomic mass is 10.2. The van der Waals surface area contributed by atoms with Crippen molar-refractivity contribution in [3.8, 4) is 0 Å². The first-order valence-corrected chi connectivity index (χ1v) is 5.48. The van der Waals surface area contributed by atoms with E-state index in [1.165, 1.54) is 0 Å². The van der Waals surface area contributed by atoms with Gasteiger partial charge in [0.05, 0.1) is 5.75 Å². The normalized spacial score (nSPS) is 15.9. The van der Waals surface area contributed by atoms with E-state index in [1.807, 2.05) is 24.3 Å². The maximum Gasteiger partial charge on any atom is 0.247 e. The summed E-state index contributed by atoms with van der Waals surface area (Å²) >= 11 is 9.93. The lowest BCUT2D eigenvalue weighted by Gasteiger charge is -1.92. The number of rotatable bonds is 2. The zero-order chi connectivity index (χ0) is 10.7. The molecule has 15 heavy (non-hydrogen) atoms. The second-order valence-electron chi connectivity index (χ2n) is 2.98. The fourth-order valence-electron chi connectivity index (χ4n) is 1.20. The third kappa shape index (κ3) is 2.52. The summed E-state index contributed by atoms with van der Waals surface area (Å²) in [6.07, 6.45) is 8.34. The van der Waals surface area contributed by atoms with Gasteiger partial charge in [0.1, 0.15) is 0 Å². The van der Waals surface area contributed by atoms with Gasteiger partial charge in [-0.15, -0.1) is 10.2 Å². The SMILES string of the molecule is SCc1nnc(C2=CCC=C(Cl)C=C2)o1. The van der Waals surface area contributed by atoms with E-state index in [9.17, 15) is 0 Å². The summed E-state index contributed by atoms with van der Waals surface area (Å²) in [7, 11) is 0. The molecule has 1 aromatic heterocycles. The van der Waals surface area contributed by atoms with Crippen LogP contribution in [0.25, 0.3) is 5.57 Å². The maximum atomic E-state index is 5.87. The Bertz CT molecular complexity index is 448. The molecule has 78 valence electrons. The summed E-state index contributed by atoms with van der Waals surface area (Å²) < 4.78 is 5.38. The minimum absolute atomic E-state index is 0.447. The van der Waals surface area contributed by atoms with E-state index in [4.69, 9.17) is 16.0 Å². The topological polar surface area (TPSA) is 38.9 Å². The quantitative estimate of drug-likeness (QED) is 0.808. The smallest absolute Gasteiger partial charge is 0.247 e. The Morgan fingerprint density at radius 1 is 1.33 bits per heavy atom. The van der Waals surface area contributed by atoms with E-state index >= 15 is 0 Å². The highest BCUT2D eigenvalue weighted by atomic mass is 35.5. The van der Waals surface area contributed by atoms with Crippen LogP contribution in [-0.2, 0) is 5.75 Å². The van der Waals surface area contributed by atoms with Crippen LogP contribution in [0.5, 0.6) is 0 Å². The van der Waals surface area contributed by atoms with Gasteiger partial charge in [0, 0.05) is 10.6 Å². The highest BCUT2D eigenvalue weighted by Gasteiger charge is 2.08. The molecule has 0 fully saturated rings. The summed E-state index contributed by atoms with van der Waals surface area (Å²) in [5.74, 6) is 1.48. The van der Waals surface area contributed by atoms with Crippen LogP contribution in [0.1, 0.15) is 18.2 Å². The van der Waals surface area contributed by atoms with Crippen LogP contribution < -0.4 is 0 Å². The molecule has 0 unspecified atom stereocenters. The lowest BCUT2D eigenvalue weighted by molar-refractivity contribution is 0.503. The minimum atomic E-state index is 0.447. The molecule has 0 N–H and O–H groups in total. The van der Waals surface area contributed by atoms with Crippen LogP contribution in [0, 0.1) is 0 Å². The molecule has 5 heteroatoms. The molecule has 0 saturated heterocycles. The lowest BCUT2D eigenvalue weighted by Crippen LogP contribution is -1.80. The van der Waals surface area contributed by atoms with Crippen molar-refractivity contribution in [1.82, 2.24) is 10.2 Å². The number of halogens is 1. The van der Waals surface area contributed by atoms with Gasteiger partial charge in [-0.3, -0.25) is 0 Å². The van der Waals surface area contributed by atoms with E-state index in [-0.39, 0.29) is 0 Å². The zero-order valence-corrected chi connectivity index (χ0v) is 9.50. The molecule has 0 radical (unpaired) electrons. The van der Waals surface area contributed by atoms with Crippen LogP contribution >= 0.6 is 24.2 Å².